The molecule has 0 spiro atoms. The first-order valence-electron chi connectivity index (χ1n) is 12.9. The minimum Gasteiger partial charge on any atom is -0.504 e. The number of nitrogens with zero attached hydrogens (tertiary/aromatic N) is 3. The minimum atomic E-state index is 0.256. The van der Waals surface area contributed by atoms with E-state index in [1.807, 2.05) is 30.6 Å². The lowest BCUT2D eigenvalue weighted by Gasteiger charge is -2.41. The Kier molecular flexibility index (Phi) is 9.73. The van der Waals surface area contributed by atoms with E-state index < -0.39 is 0 Å². The largest absolute Gasteiger partial charge is 0.504 e. The summed E-state index contributed by atoms with van der Waals surface area (Å²) < 4.78 is 10.8. The Bertz CT molecular complexity index is 1040. The Labute approximate surface area is 215 Å². The summed E-state index contributed by atoms with van der Waals surface area (Å²) in [6, 6.07) is 21.2. The van der Waals surface area contributed by atoms with Crippen molar-refractivity contribution in [3.05, 3.63) is 89.7 Å². The van der Waals surface area contributed by atoms with Gasteiger partial charge in [-0.25, -0.2) is 0 Å². The third kappa shape index (κ3) is 7.06. The maximum Gasteiger partial charge on any atom is 0.162 e. The van der Waals surface area contributed by atoms with Gasteiger partial charge in [-0.3, -0.25) is 14.8 Å². The van der Waals surface area contributed by atoms with Gasteiger partial charge in [-0.15, -0.1) is 0 Å². The van der Waals surface area contributed by atoms with E-state index in [1.165, 1.54) is 11.1 Å². The lowest BCUT2D eigenvalue weighted by Crippen LogP contribution is -2.47. The van der Waals surface area contributed by atoms with E-state index in [2.05, 4.69) is 51.2 Å². The fraction of sp³-hybridized carbons (Fsp3) is 0.433. The monoisotopic (exact) mass is 489 g/mol. The highest BCUT2D eigenvalue weighted by molar-refractivity contribution is 5.45. The normalized spacial score (nSPS) is 15.8. The van der Waals surface area contributed by atoms with Gasteiger partial charge in [-0.05, 0) is 61.5 Å². The highest BCUT2D eigenvalue weighted by Gasteiger charge is 2.31. The van der Waals surface area contributed by atoms with E-state index in [1.54, 1.807) is 20.3 Å². The number of benzene rings is 2. The first kappa shape index (κ1) is 26.1. The Balaban J connectivity index is 1.48. The number of likely N-dealkylation sites (tertiary alicyclic amines) is 1. The van der Waals surface area contributed by atoms with Crippen LogP contribution in [-0.4, -0.2) is 66.4 Å². The van der Waals surface area contributed by atoms with Crippen LogP contribution in [0.2, 0.25) is 0 Å². The summed E-state index contributed by atoms with van der Waals surface area (Å²) in [5.41, 5.74) is 3.53. The molecule has 0 radical (unpaired) electrons. The SMILES string of the molecule is COCCN(Cc1cccnc1)[C@@H](Cc1ccccc1)C1CCN(Cc2cccc(OC)c2O)CC1. The van der Waals surface area contributed by atoms with Crippen molar-refractivity contribution in [2.75, 3.05) is 40.5 Å². The van der Waals surface area contributed by atoms with E-state index in [9.17, 15) is 5.11 Å². The number of phenols is 1. The molecule has 0 aliphatic carbocycles. The quantitative estimate of drug-likeness (QED) is 0.396. The van der Waals surface area contributed by atoms with Crippen molar-refractivity contribution in [3.63, 3.8) is 0 Å². The number of pyridine rings is 1. The molecule has 4 rings (SSSR count). The van der Waals surface area contributed by atoms with Crippen molar-refractivity contribution >= 4 is 0 Å². The molecule has 0 saturated carbocycles. The molecule has 2 aromatic carbocycles. The first-order valence-corrected chi connectivity index (χ1v) is 12.9. The summed E-state index contributed by atoms with van der Waals surface area (Å²) in [6.07, 6.45) is 7.08. The van der Waals surface area contributed by atoms with Gasteiger partial charge in [0.2, 0.25) is 0 Å². The van der Waals surface area contributed by atoms with Crippen molar-refractivity contribution in [2.45, 2.75) is 38.4 Å². The van der Waals surface area contributed by atoms with Gasteiger partial charge in [0.1, 0.15) is 0 Å². The number of ether oxygens (including phenoxy) is 2. The third-order valence-electron chi connectivity index (χ3n) is 7.32. The van der Waals surface area contributed by atoms with Crippen LogP contribution in [0.3, 0.4) is 0 Å². The lowest BCUT2D eigenvalue weighted by molar-refractivity contribution is 0.0569. The summed E-state index contributed by atoms with van der Waals surface area (Å²) in [5.74, 6) is 1.37. The minimum absolute atomic E-state index is 0.256. The fourth-order valence-corrected chi connectivity index (χ4v) is 5.34. The van der Waals surface area contributed by atoms with E-state index in [0.29, 0.717) is 24.3 Å². The molecule has 1 saturated heterocycles. The second-order valence-electron chi connectivity index (χ2n) is 9.66. The number of para-hydroxylation sites is 1. The molecule has 1 N–H and O–H groups in total. The fourth-order valence-electron chi connectivity index (χ4n) is 5.34. The van der Waals surface area contributed by atoms with Crippen molar-refractivity contribution in [3.8, 4) is 11.5 Å². The van der Waals surface area contributed by atoms with Crippen LogP contribution in [0.15, 0.2) is 73.1 Å². The number of phenolic OH excluding ortho intramolecular Hbond substituents is 1. The molecule has 1 aromatic heterocycles. The molecular weight excluding hydrogens is 450 g/mol. The molecule has 36 heavy (non-hydrogen) atoms. The van der Waals surface area contributed by atoms with Crippen molar-refractivity contribution in [1.82, 2.24) is 14.8 Å². The van der Waals surface area contributed by atoms with Gasteiger partial charge in [0.05, 0.1) is 13.7 Å². The predicted molar refractivity (Wildman–Crippen MR) is 143 cm³/mol. The van der Waals surface area contributed by atoms with Crippen LogP contribution < -0.4 is 4.74 Å². The van der Waals surface area contributed by atoms with Crippen LogP contribution in [0.4, 0.5) is 0 Å². The number of rotatable bonds is 12. The van der Waals surface area contributed by atoms with Crippen LogP contribution in [0.25, 0.3) is 0 Å². The molecule has 1 atom stereocenters. The predicted octanol–water partition coefficient (Wildman–Crippen LogP) is 4.77. The standard InChI is InChI=1S/C30H39N3O3/c1-35-19-18-33(22-25-10-7-15-31-21-25)28(20-24-8-4-3-5-9-24)26-13-16-32(17-14-26)23-27-11-6-12-29(36-2)30(27)34/h3-12,15,21,26,28,34H,13-14,16-20,22-23H2,1-2H3/t28-/m0/s1. The lowest BCUT2D eigenvalue weighted by atomic mass is 9.84. The van der Waals surface area contributed by atoms with Crippen LogP contribution in [0, 0.1) is 5.92 Å². The van der Waals surface area contributed by atoms with Crippen LogP contribution in [0.5, 0.6) is 11.5 Å². The third-order valence-corrected chi connectivity index (χ3v) is 7.32. The molecule has 2 heterocycles. The highest BCUT2D eigenvalue weighted by atomic mass is 16.5. The summed E-state index contributed by atoms with van der Waals surface area (Å²) >= 11 is 0. The second-order valence-corrected chi connectivity index (χ2v) is 9.66. The smallest absolute Gasteiger partial charge is 0.162 e. The van der Waals surface area contributed by atoms with Crippen LogP contribution in [-0.2, 0) is 24.2 Å². The number of hydrogen-bond donors (Lipinski definition) is 1. The number of piperidine rings is 1. The topological polar surface area (TPSA) is 58.1 Å². The zero-order valence-corrected chi connectivity index (χ0v) is 21.6. The molecule has 0 amide bonds. The van der Waals surface area contributed by atoms with Crippen LogP contribution in [0.1, 0.15) is 29.5 Å². The second kappa shape index (κ2) is 13.4. The summed E-state index contributed by atoms with van der Waals surface area (Å²) in [6.45, 7) is 5.23. The maximum absolute atomic E-state index is 10.5. The molecule has 1 aliphatic rings. The molecule has 3 aromatic rings. The molecule has 0 unspecified atom stereocenters. The van der Waals surface area contributed by atoms with E-state index in [-0.39, 0.29) is 5.75 Å². The number of methoxy groups -OCH3 is 2. The van der Waals surface area contributed by atoms with Crippen molar-refractivity contribution in [1.29, 1.82) is 0 Å². The highest BCUT2D eigenvalue weighted by Crippen LogP contribution is 2.33. The average Bonchev–Trinajstić information content (AvgIpc) is 2.93. The van der Waals surface area contributed by atoms with Gasteiger partial charge in [0, 0.05) is 50.7 Å². The van der Waals surface area contributed by atoms with Crippen molar-refractivity contribution in [2.24, 2.45) is 5.92 Å². The molecule has 6 heteroatoms. The Morgan fingerprint density at radius 3 is 2.47 bits per heavy atom. The van der Waals surface area contributed by atoms with Gasteiger partial charge in [-0.2, -0.15) is 0 Å². The molecule has 6 nitrogen and oxygen atoms in total. The Morgan fingerprint density at radius 2 is 1.78 bits per heavy atom. The zero-order chi connectivity index (χ0) is 25.2. The van der Waals surface area contributed by atoms with Gasteiger partial charge in [0.25, 0.3) is 0 Å². The van der Waals surface area contributed by atoms with E-state index in [4.69, 9.17) is 9.47 Å². The van der Waals surface area contributed by atoms with Gasteiger partial charge >= 0.3 is 0 Å². The van der Waals surface area contributed by atoms with E-state index >= 15 is 0 Å². The van der Waals surface area contributed by atoms with Gasteiger partial charge < -0.3 is 14.6 Å². The summed E-state index contributed by atoms with van der Waals surface area (Å²) in [7, 11) is 3.37. The summed E-state index contributed by atoms with van der Waals surface area (Å²) in [4.78, 5) is 9.40. The Hall–Kier alpha value is -2.93. The summed E-state index contributed by atoms with van der Waals surface area (Å²) in [5, 5.41) is 10.5. The van der Waals surface area contributed by atoms with Crippen LogP contribution >= 0.6 is 0 Å². The van der Waals surface area contributed by atoms with Gasteiger partial charge in [-0.1, -0.05) is 48.5 Å². The molecular formula is C30H39N3O3. The maximum atomic E-state index is 10.5. The average molecular weight is 490 g/mol. The molecule has 1 fully saturated rings. The number of aromatic hydroxyl groups is 1. The Morgan fingerprint density at radius 1 is 1.00 bits per heavy atom. The van der Waals surface area contributed by atoms with Crippen molar-refractivity contribution < 1.29 is 14.6 Å². The molecule has 0 bridgehead atoms. The molecule has 1 aliphatic heterocycles. The van der Waals surface area contributed by atoms with Gasteiger partial charge in [0.15, 0.2) is 11.5 Å². The number of aromatic nitrogens is 1. The molecule has 192 valence electrons. The first-order chi connectivity index (χ1) is 17.7. The number of hydrogen-bond acceptors (Lipinski definition) is 6. The van der Waals surface area contributed by atoms with E-state index in [0.717, 1.165) is 57.5 Å². The zero-order valence-electron chi connectivity index (χ0n) is 21.6.